The number of aromatic nitrogens is 1. The molecule has 0 N–H and O–H groups in total. The first kappa shape index (κ1) is 7.35. The molecule has 1 unspecified atom stereocenters. The van der Waals surface area contributed by atoms with Crippen molar-refractivity contribution in [2.75, 3.05) is 0 Å². The van der Waals surface area contributed by atoms with Crippen molar-refractivity contribution in [3.63, 3.8) is 0 Å². The van der Waals surface area contributed by atoms with Crippen molar-refractivity contribution in [2.45, 2.75) is 26.2 Å². The summed E-state index contributed by atoms with van der Waals surface area (Å²) >= 11 is 0. The highest BCUT2D eigenvalue weighted by atomic mass is 16.4. The van der Waals surface area contributed by atoms with E-state index in [0.29, 0.717) is 23.3 Å². The molecule has 0 amide bonds. The van der Waals surface area contributed by atoms with Crippen molar-refractivity contribution in [1.29, 1.82) is 5.26 Å². The predicted octanol–water partition coefficient (Wildman–Crippen LogP) is 1.98. The molecule has 0 radical (unpaired) electrons. The fraction of sp³-hybridized carbons (Fsp3) is 0.556. The van der Waals surface area contributed by atoms with Gasteiger partial charge in [-0.25, -0.2) is 4.98 Å². The molecule has 3 heteroatoms. The Morgan fingerprint density at radius 2 is 2.33 bits per heavy atom. The van der Waals surface area contributed by atoms with Crippen LogP contribution < -0.4 is 0 Å². The third-order valence-corrected chi connectivity index (χ3v) is 2.34. The highest BCUT2D eigenvalue weighted by Gasteiger charge is 2.38. The van der Waals surface area contributed by atoms with Crippen molar-refractivity contribution < 1.29 is 4.42 Å². The average molecular weight is 162 g/mol. The second-order valence-corrected chi connectivity index (χ2v) is 3.40. The first-order chi connectivity index (χ1) is 5.72. The Kier molecular flexibility index (Phi) is 1.44. The molecule has 0 saturated heterocycles. The van der Waals surface area contributed by atoms with Crippen LogP contribution >= 0.6 is 0 Å². The second-order valence-electron chi connectivity index (χ2n) is 3.40. The average Bonchev–Trinajstić information content (AvgIpc) is 2.63. The number of aryl methyl sites for hydroxylation is 1. The van der Waals surface area contributed by atoms with Crippen molar-refractivity contribution in [3.05, 3.63) is 17.3 Å². The third-order valence-electron chi connectivity index (χ3n) is 2.34. The van der Waals surface area contributed by atoms with E-state index in [2.05, 4.69) is 11.9 Å². The zero-order chi connectivity index (χ0) is 8.72. The summed E-state index contributed by atoms with van der Waals surface area (Å²) in [6, 6.07) is 1.98. The van der Waals surface area contributed by atoms with Crippen LogP contribution in [0.5, 0.6) is 0 Å². The summed E-state index contributed by atoms with van der Waals surface area (Å²) in [6.45, 7) is 3.97. The molecule has 1 heterocycles. The summed E-state index contributed by atoms with van der Waals surface area (Å²) in [4.78, 5) is 4.20. The Morgan fingerprint density at radius 1 is 1.67 bits per heavy atom. The largest absolute Gasteiger partial charge is 0.430 e. The molecular weight excluding hydrogens is 152 g/mol. The molecule has 3 nitrogen and oxygen atoms in total. The van der Waals surface area contributed by atoms with Crippen LogP contribution in [0.4, 0.5) is 0 Å². The molecule has 1 aromatic heterocycles. The minimum atomic E-state index is 0.365. The van der Waals surface area contributed by atoms with E-state index in [1.807, 2.05) is 6.07 Å². The van der Waals surface area contributed by atoms with Gasteiger partial charge in [0, 0.05) is 5.92 Å². The SMILES string of the molecule is Cc1nc([C@H]2CC2C)oc1C#N. The van der Waals surface area contributed by atoms with Gasteiger partial charge in [0.25, 0.3) is 0 Å². The van der Waals surface area contributed by atoms with Gasteiger partial charge in [-0.3, -0.25) is 0 Å². The molecule has 0 bridgehead atoms. The van der Waals surface area contributed by atoms with Gasteiger partial charge in [0.1, 0.15) is 6.07 Å². The molecular formula is C9H10N2O. The van der Waals surface area contributed by atoms with Crippen molar-refractivity contribution in [3.8, 4) is 6.07 Å². The van der Waals surface area contributed by atoms with Gasteiger partial charge in [0.15, 0.2) is 5.89 Å². The van der Waals surface area contributed by atoms with E-state index in [-0.39, 0.29) is 0 Å². The van der Waals surface area contributed by atoms with Crippen LogP contribution in [0.1, 0.15) is 36.6 Å². The Balaban J connectivity index is 2.30. The maximum atomic E-state index is 8.62. The van der Waals surface area contributed by atoms with Crippen LogP contribution in [-0.4, -0.2) is 4.98 Å². The summed E-state index contributed by atoms with van der Waals surface area (Å²) in [5, 5.41) is 8.62. The molecule has 1 fully saturated rings. The van der Waals surface area contributed by atoms with Crippen LogP contribution in [0.15, 0.2) is 4.42 Å². The molecule has 0 aliphatic heterocycles. The molecule has 2 rings (SSSR count). The van der Waals surface area contributed by atoms with Crippen LogP contribution in [0.3, 0.4) is 0 Å². The first-order valence-corrected chi connectivity index (χ1v) is 4.09. The van der Waals surface area contributed by atoms with Gasteiger partial charge in [-0.05, 0) is 19.3 Å². The molecule has 2 atom stereocenters. The molecule has 1 aromatic rings. The van der Waals surface area contributed by atoms with Crippen molar-refractivity contribution >= 4 is 0 Å². The summed E-state index contributed by atoms with van der Waals surface area (Å²) < 4.78 is 5.29. The molecule has 12 heavy (non-hydrogen) atoms. The minimum Gasteiger partial charge on any atom is -0.430 e. The molecule has 0 aromatic carbocycles. The highest BCUT2D eigenvalue weighted by Crippen LogP contribution is 2.46. The van der Waals surface area contributed by atoms with E-state index in [4.69, 9.17) is 9.68 Å². The Hall–Kier alpha value is -1.30. The molecule has 62 valence electrons. The first-order valence-electron chi connectivity index (χ1n) is 4.09. The summed E-state index contributed by atoms with van der Waals surface area (Å²) in [6.07, 6.45) is 1.14. The second kappa shape index (κ2) is 2.34. The quantitative estimate of drug-likeness (QED) is 0.634. The highest BCUT2D eigenvalue weighted by molar-refractivity contribution is 5.24. The minimum absolute atomic E-state index is 0.365. The zero-order valence-electron chi connectivity index (χ0n) is 7.16. The summed E-state index contributed by atoms with van der Waals surface area (Å²) in [7, 11) is 0. The maximum Gasteiger partial charge on any atom is 0.226 e. The molecule has 1 aliphatic carbocycles. The van der Waals surface area contributed by atoms with Gasteiger partial charge in [0.2, 0.25) is 5.76 Å². The van der Waals surface area contributed by atoms with Gasteiger partial charge in [-0.2, -0.15) is 5.26 Å². The maximum absolute atomic E-state index is 8.62. The number of rotatable bonds is 1. The van der Waals surface area contributed by atoms with Crippen LogP contribution in [0.25, 0.3) is 0 Å². The van der Waals surface area contributed by atoms with Gasteiger partial charge in [0.05, 0.1) is 5.69 Å². The van der Waals surface area contributed by atoms with E-state index in [0.717, 1.165) is 12.3 Å². The Bertz CT molecular complexity index is 348. The van der Waals surface area contributed by atoms with Crippen LogP contribution in [0, 0.1) is 24.2 Å². The fourth-order valence-corrected chi connectivity index (χ4v) is 1.35. The standard InChI is InChI=1S/C9H10N2O/c1-5-3-7(5)9-11-6(2)8(4-10)12-9/h5,7H,3H2,1-2H3/t5?,7-/m0/s1. The molecule has 1 aliphatic rings. The third kappa shape index (κ3) is 1.00. The number of oxazole rings is 1. The number of hydrogen-bond acceptors (Lipinski definition) is 3. The van der Waals surface area contributed by atoms with Crippen molar-refractivity contribution in [1.82, 2.24) is 4.98 Å². The lowest BCUT2D eigenvalue weighted by Gasteiger charge is -1.85. The topological polar surface area (TPSA) is 49.8 Å². The van der Waals surface area contributed by atoms with E-state index in [1.54, 1.807) is 6.92 Å². The lowest BCUT2D eigenvalue weighted by molar-refractivity contribution is 0.480. The van der Waals surface area contributed by atoms with Crippen LogP contribution in [-0.2, 0) is 0 Å². The van der Waals surface area contributed by atoms with Crippen LogP contribution in [0.2, 0.25) is 0 Å². The zero-order valence-corrected chi connectivity index (χ0v) is 7.16. The van der Waals surface area contributed by atoms with Gasteiger partial charge >= 0.3 is 0 Å². The smallest absolute Gasteiger partial charge is 0.226 e. The number of nitrogens with zero attached hydrogens (tertiary/aromatic N) is 2. The van der Waals surface area contributed by atoms with E-state index < -0.39 is 0 Å². The monoisotopic (exact) mass is 162 g/mol. The lowest BCUT2D eigenvalue weighted by Crippen LogP contribution is -1.80. The number of nitriles is 1. The predicted molar refractivity (Wildman–Crippen MR) is 42.5 cm³/mol. The Labute approximate surface area is 71.0 Å². The van der Waals surface area contributed by atoms with E-state index in [1.165, 1.54) is 0 Å². The normalized spacial score (nSPS) is 26.8. The summed E-state index contributed by atoms with van der Waals surface area (Å²) in [5.41, 5.74) is 0.714. The Morgan fingerprint density at radius 3 is 2.75 bits per heavy atom. The van der Waals surface area contributed by atoms with Gasteiger partial charge < -0.3 is 4.42 Å². The number of hydrogen-bond donors (Lipinski definition) is 0. The molecule has 0 spiro atoms. The van der Waals surface area contributed by atoms with Gasteiger partial charge in [-0.1, -0.05) is 6.92 Å². The molecule has 1 saturated carbocycles. The fourth-order valence-electron chi connectivity index (χ4n) is 1.35. The van der Waals surface area contributed by atoms with Crippen molar-refractivity contribution in [2.24, 2.45) is 5.92 Å². The summed E-state index contributed by atoms with van der Waals surface area (Å²) in [5.74, 6) is 2.25. The van der Waals surface area contributed by atoms with E-state index >= 15 is 0 Å². The lowest BCUT2D eigenvalue weighted by atomic mass is 10.3. The van der Waals surface area contributed by atoms with Gasteiger partial charge in [-0.15, -0.1) is 0 Å². The van der Waals surface area contributed by atoms with E-state index in [9.17, 15) is 0 Å².